The van der Waals surface area contributed by atoms with Crippen LogP contribution in [0.5, 0.6) is 0 Å². The summed E-state index contributed by atoms with van der Waals surface area (Å²) in [4.78, 5) is 4.32. The summed E-state index contributed by atoms with van der Waals surface area (Å²) in [6.07, 6.45) is 4.05. The summed E-state index contributed by atoms with van der Waals surface area (Å²) < 4.78 is 5.12. The molecular formula is C12H21N3O2. The van der Waals surface area contributed by atoms with Gasteiger partial charge in [0.1, 0.15) is 6.04 Å². The summed E-state index contributed by atoms with van der Waals surface area (Å²) in [6.45, 7) is 3.84. The maximum atomic E-state index is 9.38. The molecule has 96 valence electrons. The molecule has 17 heavy (non-hydrogen) atoms. The molecule has 1 saturated carbocycles. The molecule has 1 heterocycles. The third-order valence-electron chi connectivity index (χ3n) is 3.75. The van der Waals surface area contributed by atoms with Gasteiger partial charge in [0, 0.05) is 5.92 Å². The van der Waals surface area contributed by atoms with Crippen LogP contribution < -0.4 is 5.73 Å². The van der Waals surface area contributed by atoms with Gasteiger partial charge in [-0.1, -0.05) is 18.5 Å². The zero-order valence-electron chi connectivity index (χ0n) is 10.5. The summed E-state index contributed by atoms with van der Waals surface area (Å²) in [5, 5.41) is 13.4. The van der Waals surface area contributed by atoms with Crippen molar-refractivity contribution in [2.24, 2.45) is 11.7 Å². The monoisotopic (exact) mass is 239 g/mol. The Morgan fingerprint density at radius 2 is 2.29 bits per heavy atom. The highest BCUT2D eigenvalue weighted by Gasteiger charge is 2.29. The van der Waals surface area contributed by atoms with Gasteiger partial charge < -0.3 is 15.4 Å². The number of nitrogens with two attached hydrogens (primary N) is 1. The molecule has 1 aromatic heterocycles. The van der Waals surface area contributed by atoms with Crippen LogP contribution in [-0.4, -0.2) is 21.4 Å². The van der Waals surface area contributed by atoms with Crippen molar-refractivity contribution in [2.45, 2.75) is 57.6 Å². The molecule has 1 aromatic rings. The fraction of sp³-hybridized carbons (Fsp3) is 0.833. The molecule has 1 aliphatic carbocycles. The van der Waals surface area contributed by atoms with Crippen LogP contribution in [-0.2, 0) is 0 Å². The molecule has 1 aliphatic rings. The van der Waals surface area contributed by atoms with E-state index in [2.05, 4.69) is 17.1 Å². The van der Waals surface area contributed by atoms with Crippen LogP contribution in [0, 0.1) is 5.92 Å². The molecule has 4 atom stereocenters. The number of aliphatic hydroxyl groups is 1. The largest absolute Gasteiger partial charge is 0.391 e. The van der Waals surface area contributed by atoms with Crippen LogP contribution in [0.2, 0.25) is 0 Å². The third-order valence-corrected chi connectivity index (χ3v) is 3.75. The van der Waals surface area contributed by atoms with Crippen LogP contribution in [0.25, 0.3) is 0 Å². The molecular weight excluding hydrogens is 218 g/mol. The standard InChI is InChI=1S/C12H21N3O2/c1-3-8-4-5-9(6-8)11-14-12(17-15-11)10(13)7(2)16/h7-10,16H,3-6,13H2,1-2H3. The summed E-state index contributed by atoms with van der Waals surface area (Å²) in [6, 6.07) is -0.584. The first-order chi connectivity index (χ1) is 8.11. The summed E-state index contributed by atoms with van der Waals surface area (Å²) >= 11 is 0. The minimum atomic E-state index is -0.671. The van der Waals surface area contributed by atoms with E-state index < -0.39 is 12.1 Å². The molecule has 4 unspecified atom stereocenters. The van der Waals surface area contributed by atoms with Crippen LogP contribution in [0.15, 0.2) is 4.52 Å². The van der Waals surface area contributed by atoms with E-state index in [1.54, 1.807) is 6.92 Å². The van der Waals surface area contributed by atoms with Gasteiger partial charge in [-0.2, -0.15) is 4.98 Å². The third kappa shape index (κ3) is 2.66. The topological polar surface area (TPSA) is 85.2 Å². The molecule has 0 aliphatic heterocycles. The predicted molar refractivity (Wildman–Crippen MR) is 63.3 cm³/mol. The SMILES string of the molecule is CCC1CCC(c2noc(C(N)C(C)O)n2)C1. The van der Waals surface area contributed by atoms with Gasteiger partial charge in [0.2, 0.25) is 5.89 Å². The van der Waals surface area contributed by atoms with Gasteiger partial charge in [-0.3, -0.25) is 0 Å². The lowest BCUT2D eigenvalue weighted by molar-refractivity contribution is 0.146. The molecule has 1 fully saturated rings. The first-order valence-electron chi connectivity index (χ1n) is 6.39. The van der Waals surface area contributed by atoms with Crippen molar-refractivity contribution in [1.82, 2.24) is 10.1 Å². The molecule has 0 bridgehead atoms. The molecule has 2 rings (SSSR count). The van der Waals surface area contributed by atoms with E-state index >= 15 is 0 Å². The average molecular weight is 239 g/mol. The first-order valence-corrected chi connectivity index (χ1v) is 6.39. The van der Waals surface area contributed by atoms with Gasteiger partial charge in [0.25, 0.3) is 0 Å². The molecule has 5 heteroatoms. The second-order valence-corrected chi connectivity index (χ2v) is 5.04. The highest BCUT2D eigenvalue weighted by molar-refractivity contribution is 5.02. The average Bonchev–Trinajstić information content (AvgIpc) is 2.96. The van der Waals surface area contributed by atoms with Crippen molar-refractivity contribution in [2.75, 3.05) is 0 Å². The van der Waals surface area contributed by atoms with Crippen molar-refractivity contribution in [1.29, 1.82) is 0 Å². The number of aliphatic hydroxyl groups excluding tert-OH is 1. The maximum absolute atomic E-state index is 9.38. The lowest BCUT2D eigenvalue weighted by atomic mass is 10.0. The summed E-state index contributed by atoms with van der Waals surface area (Å²) in [5.41, 5.74) is 5.76. The first kappa shape index (κ1) is 12.5. The number of hydrogen-bond acceptors (Lipinski definition) is 5. The fourth-order valence-electron chi connectivity index (χ4n) is 2.44. The van der Waals surface area contributed by atoms with E-state index in [9.17, 15) is 5.11 Å². The predicted octanol–water partition coefficient (Wildman–Crippen LogP) is 1.74. The Kier molecular flexibility index (Phi) is 3.79. The molecule has 5 nitrogen and oxygen atoms in total. The Balaban J connectivity index is 2.04. The molecule has 3 N–H and O–H groups in total. The van der Waals surface area contributed by atoms with Gasteiger partial charge in [-0.25, -0.2) is 0 Å². The highest BCUT2D eigenvalue weighted by Crippen LogP contribution is 2.38. The number of rotatable bonds is 4. The highest BCUT2D eigenvalue weighted by atomic mass is 16.5. The van der Waals surface area contributed by atoms with Crippen LogP contribution in [0.1, 0.15) is 63.2 Å². The minimum absolute atomic E-state index is 0.343. The minimum Gasteiger partial charge on any atom is -0.391 e. The Morgan fingerprint density at radius 1 is 1.53 bits per heavy atom. The summed E-state index contributed by atoms with van der Waals surface area (Å²) in [5.74, 6) is 2.29. The van der Waals surface area contributed by atoms with Crippen molar-refractivity contribution >= 4 is 0 Å². The van der Waals surface area contributed by atoms with E-state index in [-0.39, 0.29) is 0 Å². The summed E-state index contributed by atoms with van der Waals surface area (Å²) in [7, 11) is 0. The molecule has 0 radical (unpaired) electrons. The van der Waals surface area contributed by atoms with Gasteiger partial charge in [0.05, 0.1) is 6.10 Å². The number of aromatic nitrogens is 2. The maximum Gasteiger partial charge on any atom is 0.246 e. The van der Waals surface area contributed by atoms with Crippen molar-refractivity contribution in [3.63, 3.8) is 0 Å². The Bertz CT molecular complexity index is 364. The normalized spacial score (nSPS) is 28.2. The Hall–Kier alpha value is -0.940. The molecule has 0 spiro atoms. The lowest BCUT2D eigenvalue weighted by Crippen LogP contribution is -2.23. The number of nitrogens with zero attached hydrogens (tertiary/aromatic N) is 2. The van der Waals surface area contributed by atoms with Crippen molar-refractivity contribution < 1.29 is 9.63 Å². The lowest BCUT2D eigenvalue weighted by Gasteiger charge is -2.08. The van der Waals surface area contributed by atoms with Crippen molar-refractivity contribution in [3.8, 4) is 0 Å². The van der Waals surface area contributed by atoms with E-state index in [4.69, 9.17) is 10.3 Å². The van der Waals surface area contributed by atoms with Crippen molar-refractivity contribution in [3.05, 3.63) is 11.7 Å². The van der Waals surface area contributed by atoms with Gasteiger partial charge in [0.15, 0.2) is 5.82 Å². The zero-order valence-corrected chi connectivity index (χ0v) is 10.5. The van der Waals surface area contributed by atoms with Crippen LogP contribution in [0.4, 0.5) is 0 Å². The van der Waals surface area contributed by atoms with Gasteiger partial charge >= 0.3 is 0 Å². The second-order valence-electron chi connectivity index (χ2n) is 5.04. The van der Waals surface area contributed by atoms with Crippen LogP contribution >= 0.6 is 0 Å². The Labute approximate surface area is 101 Å². The van der Waals surface area contributed by atoms with Crippen LogP contribution in [0.3, 0.4) is 0 Å². The molecule has 0 aromatic carbocycles. The molecule has 0 saturated heterocycles. The fourth-order valence-corrected chi connectivity index (χ4v) is 2.44. The van der Waals surface area contributed by atoms with Gasteiger partial charge in [-0.15, -0.1) is 0 Å². The van der Waals surface area contributed by atoms with Gasteiger partial charge in [-0.05, 0) is 32.1 Å². The van der Waals surface area contributed by atoms with E-state index in [1.165, 1.54) is 12.8 Å². The molecule has 0 amide bonds. The quantitative estimate of drug-likeness (QED) is 0.836. The Morgan fingerprint density at radius 3 is 2.88 bits per heavy atom. The zero-order chi connectivity index (χ0) is 12.4. The number of hydrogen-bond donors (Lipinski definition) is 2. The van der Waals surface area contributed by atoms with E-state index in [0.717, 1.165) is 24.6 Å². The smallest absolute Gasteiger partial charge is 0.246 e. The van der Waals surface area contributed by atoms with E-state index in [0.29, 0.717) is 11.8 Å². The van der Waals surface area contributed by atoms with E-state index in [1.807, 2.05) is 0 Å². The second kappa shape index (κ2) is 5.14.